The van der Waals surface area contributed by atoms with Gasteiger partial charge in [-0.05, 0) is 25.7 Å². The molecule has 0 aromatic rings. The molecule has 116 valence electrons. The first-order valence-electron chi connectivity index (χ1n) is 7.91. The van der Waals surface area contributed by atoms with E-state index < -0.39 is 5.41 Å². The first kappa shape index (κ1) is 15.8. The molecular formula is C16H24N2O3. The van der Waals surface area contributed by atoms with Crippen LogP contribution in [0.5, 0.6) is 0 Å². The third-order valence-electron chi connectivity index (χ3n) is 4.82. The first-order valence-corrected chi connectivity index (χ1v) is 7.91. The number of methoxy groups -OCH3 is 1. The van der Waals surface area contributed by atoms with Crippen LogP contribution in [0.15, 0.2) is 0 Å². The molecule has 0 spiro atoms. The fourth-order valence-corrected chi connectivity index (χ4v) is 3.53. The maximum atomic E-state index is 12.9. The van der Waals surface area contributed by atoms with E-state index >= 15 is 0 Å². The zero-order valence-corrected chi connectivity index (χ0v) is 12.8. The Morgan fingerprint density at radius 2 is 1.86 bits per heavy atom. The number of piperidine rings is 1. The molecule has 0 bridgehead atoms. The molecule has 2 aliphatic rings. The van der Waals surface area contributed by atoms with E-state index in [0.717, 1.165) is 38.5 Å². The van der Waals surface area contributed by atoms with Gasteiger partial charge in [0, 0.05) is 13.1 Å². The second-order valence-electron chi connectivity index (χ2n) is 6.22. The van der Waals surface area contributed by atoms with Gasteiger partial charge in [-0.1, -0.05) is 25.7 Å². The molecular weight excluding hydrogens is 268 g/mol. The number of nitriles is 1. The topological polar surface area (TPSA) is 70.4 Å². The highest BCUT2D eigenvalue weighted by Crippen LogP contribution is 2.37. The lowest BCUT2D eigenvalue weighted by molar-refractivity contribution is -0.151. The molecule has 1 saturated heterocycles. The van der Waals surface area contributed by atoms with Crippen LogP contribution in [0.4, 0.5) is 0 Å². The summed E-state index contributed by atoms with van der Waals surface area (Å²) < 4.78 is 4.79. The molecule has 1 saturated carbocycles. The fourth-order valence-electron chi connectivity index (χ4n) is 3.53. The van der Waals surface area contributed by atoms with E-state index in [2.05, 4.69) is 6.07 Å². The van der Waals surface area contributed by atoms with Crippen molar-refractivity contribution in [2.45, 2.75) is 51.4 Å². The quantitative estimate of drug-likeness (QED) is 0.578. The summed E-state index contributed by atoms with van der Waals surface area (Å²) in [7, 11) is 1.38. The molecule has 0 N–H and O–H groups in total. The number of esters is 1. The molecule has 0 radical (unpaired) electrons. The molecule has 0 aromatic carbocycles. The third-order valence-corrected chi connectivity index (χ3v) is 4.82. The lowest BCUT2D eigenvalue weighted by Crippen LogP contribution is -2.49. The number of amides is 1. The summed E-state index contributed by atoms with van der Waals surface area (Å²) in [4.78, 5) is 26.3. The highest BCUT2D eigenvalue weighted by Gasteiger charge is 2.43. The van der Waals surface area contributed by atoms with Crippen LogP contribution in [-0.2, 0) is 14.3 Å². The highest BCUT2D eigenvalue weighted by atomic mass is 16.5. The zero-order chi connectivity index (χ0) is 15.3. The van der Waals surface area contributed by atoms with Crippen molar-refractivity contribution in [1.82, 2.24) is 4.90 Å². The summed E-state index contributed by atoms with van der Waals surface area (Å²) in [6, 6.07) is 2.31. The van der Waals surface area contributed by atoms with Crippen molar-refractivity contribution in [2.24, 2.45) is 11.3 Å². The van der Waals surface area contributed by atoms with Crippen molar-refractivity contribution in [3.8, 4) is 6.07 Å². The Hall–Kier alpha value is -1.57. The van der Waals surface area contributed by atoms with Crippen molar-refractivity contribution in [3.05, 3.63) is 0 Å². The van der Waals surface area contributed by atoms with E-state index in [4.69, 9.17) is 4.74 Å². The minimum Gasteiger partial charge on any atom is -0.469 e. The third kappa shape index (κ3) is 3.37. The van der Waals surface area contributed by atoms with Crippen molar-refractivity contribution >= 4 is 11.9 Å². The number of carbonyl (C=O) groups excluding carboxylic acids is 2. The number of carbonyl (C=O) groups is 2. The second kappa shape index (κ2) is 6.93. The van der Waals surface area contributed by atoms with Gasteiger partial charge in [0.15, 0.2) is 0 Å². The number of likely N-dealkylation sites (tertiary alicyclic amines) is 1. The van der Waals surface area contributed by atoms with Gasteiger partial charge in [0.1, 0.15) is 5.41 Å². The predicted molar refractivity (Wildman–Crippen MR) is 77.1 cm³/mol. The lowest BCUT2D eigenvalue weighted by atomic mass is 9.79. The van der Waals surface area contributed by atoms with Crippen LogP contribution in [0.1, 0.15) is 51.4 Å². The average molecular weight is 292 g/mol. The largest absolute Gasteiger partial charge is 0.469 e. The standard InChI is InChI=1S/C16H24N2O3/c1-21-14(19)13-7-6-10-18(11-13)15(20)16(12-17)8-4-2-3-5-9-16/h13H,2-11H2,1H3. The molecule has 21 heavy (non-hydrogen) atoms. The maximum absolute atomic E-state index is 12.9. The molecule has 1 atom stereocenters. The van der Waals surface area contributed by atoms with Crippen molar-refractivity contribution in [3.63, 3.8) is 0 Å². The van der Waals surface area contributed by atoms with E-state index in [1.165, 1.54) is 7.11 Å². The van der Waals surface area contributed by atoms with Crippen molar-refractivity contribution < 1.29 is 14.3 Å². The van der Waals surface area contributed by atoms with Gasteiger partial charge in [-0.15, -0.1) is 0 Å². The highest BCUT2D eigenvalue weighted by molar-refractivity contribution is 5.86. The summed E-state index contributed by atoms with van der Waals surface area (Å²) >= 11 is 0. The van der Waals surface area contributed by atoms with Gasteiger partial charge < -0.3 is 9.64 Å². The monoisotopic (exact) mass is 292 g/mol. The first-order chi connectivity index (χ1) is 10.1. The van der Waals surface area contributed by atoms with Crippen LogP contribution >= 0.6 is 0 Å². The SMILES string of the molecule is COC(=O)C1CCCN(C(=O)C2(C#N)CCCCCC2)C1. The minimum absolute atomic E-state index is 0.0690. The number of rotatable bonds is 2. The summed E-state index contributed by atoms with van der Waals surface area (Å²) in [6.45, 7) is 1.05. The van der Waals surface area contributed by atoms with Gasteiger partial charge >= 0.3 is 5.97 Å². The molecule has 1 unspecified atom stereocenters. The van der Waals surface area contributed by atoms with Gasteiger partial charge in [0.25, 0.3) is 0 Å². The van der Waals surface area contributed by atoms with Crippen molar-refractivity contribution in [1.29, 1.82) is 5.26 Å². The van der Waals surface area contributed by atoms with Gasteiger partial charge in [-0.25, -0.2) is 0 Å². The fraction of sp³-hybridized carbons (Fsp3) is 0.812. The van der Waals surface area contributed by atoms with Crippen molar-refractivity contribution in [2.75, 3.05) is 20.2 Å². The Bertz CT molecular complexity index is 433. The summed E-state index contributed by atoms with van der Waals surface area (Å²) in [5, 5.41) is 9.60. The molecule has 2 fully saturated rings. The molecule has 0 aromatic heterocycles. The second-order valence-corrected chi connectivity index (χ2v) is 6.22. The number of hydrogen-bond acceptors (Lipinski definition) is 4. The Kier molecular flexibility index (Phi) is 5.22. The number of hydrogen-bond donors (Lipinski definition) is 0. The van der Waals surface area contributed by atoms with E-state index in [-0.39, 0.29) is 17.8 Å². The van der Waals surface area contributed by atoms with Crippen LogP contribution in [0, 0.1) is 22.7 Å². The van der Waals surface area contributed by atoms with Gasteiger partial charge in [-0.3, -0.25) is 9.59 Å². The van der Waals surface area contributed by atoms with E-state index in [0.29, 0.717) is 25.9 Å². The Morgan fingerprint density at radius 3 is 2.43 bits per heavy atom. The smallest absolute Gasteiger partial charge is 0.310 e. The maximum Gasteiger partial charge on any atom is 0.310 e. The van der Waals surface area contributed by atoms with Crippen LogP contribution in [0.2, 0.25) is 0 Å². The van der Waals surface area contributed by atoms with Crippen LogP contribution in [0.25, 0.3) is 0 Å². The van der Waals surface area contributed by atoms with Crippen LogP contribution in [0.3, 0.4) is 0 Å². The predicted octanol–water partition coefficient (Wildman–Crippen LogP) is 2.26. The number of nitrogens with zero attached hydrogens (tertiary/aromatic N) is 2. The van der Waals surface area contributed by atoms with Gasteiger partial charge in [0.05, 0.1) is 19.1 Å². The van der Waals surface area contributed by atoms with Crippen LogP contribution in [-0.4, -0.2) is 37.0 Å². The van der Waals surface area contributed by atoms with E-state index in [9.17, 15) is 14.9 Å². The summed E-state index contributed by atoms with van der Waals surface area (Å²) in [6.07, 6.45) is 6.94. The molecule has 1 heterocycles. The lowest BCUT2D eigenvalue weighted by Gasteiger charge is -2.36. The Labute approximate surface area is 126 Å². The summed E-state index contributed by atoms with van der Waals surface area (Å²) in [5.74, 6) is -0.561. The molecule has 5 nitrogen and oxygen atoms in total. The van der Waals surface area contributed by atoms with E-state index in [1.807, 2.05) is 0 Å². The van der Waals surface area contributed by atoms with Crippen LogP contribution < -0.4 is 0 Å². The zero-order valence-electron chi connectivity index (χ0n) is 12.8. The normalized spacial score (nSPS) is 25.5. The molecule has 1 aliphatic heterocycles. The van der Waals surface area contributed by atoms with E-state index in [1.54, 1.807) is 4.90 Å². The van der Waals surface area contributed by atoms with Gasteiger partial charge in [0.2, 0.25) is 5.91 Å². The average Bonchev–Trinajstić information content (AvgIpc) is 2.80. The number of ether oxygens (including phenoxy) is 1. The molecule has 1 amide bonds. The van der Waals surface area contributed by atoms with Gasteiger partial charge in [-0.2, -0.15) is 5.26 Å². The molecule has 1 aliphatic carbocycles. The minimum atomic E-state index is -0.867. The molecule has 5 heteroatoms. The molecule has 2 rings (SSSR count). The summed E-state index contributed by atoms with van der Waals surface area (Å²) in [5.41, 5.74) is -0.867. The Morgan fingerprint density at radius 1 is 1.19 bits per heavy atom. The Balaban J connectivity index is 2.10.